The first-order chi connectivity index (χ1) is 15.6. The maximum absolute atomic E-state index is 12.2. The van der Waals surface area contributed by atoms with Crippen molar-refractivity contribution in [1.29, 1.82) is 0 Å². The highest BCUT2D eigenvalue weighted by Gasteiger charge is 2.10. The lowest BCUT2D eigenvalue weighted by Gasteiger charge is -2.04. The molecule has 0 radical (unpaired) electrons. The van der Waals surface area contributed by atoms with E-state index >= 15 is 0 Å². The van der Waals surface area contributed by atoms with Crippen molar-refractivity contribution < 1.29 is 4.79 Å². The molecule has 0 saturated carbocycles. The number of carbonyl (C=O) groups is 1. The van der Waals surface area contributed by atoms with Crippen molar-refractivity contribution in [2.45, 2.75) is 21.4 Å². The predicted molar refractivity (Wildman–Crippen MR) is 136 cm³/mol. The van der Waals surface area contributed by atoms with E-state index in [0.717, 1.165) is 20.0 Å². The van der Waals surface area contributed by atoms with Crippen LogP contribution in [0.1, 0.15) is 18.1 Å². The Hall–Kier alpha value is -2.39. The SMILES string of the molecule is CC(=NNC(=O)CSc1nnc(SCc2cccc3ccccc23)s1)c1ccccc1Cl. The number of rotatable bonds is 8. The summed E-state index contributed by atoms with van der Waals surface area (Å²) in [6, 6.07) is 22.1. The minimum absolute atomic E-state index is 0.207. The largest absolute Gasteiger partial charge is 0.272 e. The van der Waals surface area contributed by atoms with Gasteiger partial charge in [-0.25, -0.2) is 5.43 Å². The molecule has 162 valence electrons. The first kappa shape index (κ1) is 22.8. The zero-order chi connectivity index (χ0) is 22.3. The van der Waals surface area contributed by atoms with E-state index in [9.17, 15) is 4.79 Å². The van der Waals surface area contributed by atoms with E-state index in [-0.39, 0.29) is 11.7 Å². The molecule has 0 aliphatic rings. The molecule has 4 aromatic rings. The Morgan fingerprint density at radius 1 is 1.00 bits per heavy atom. The fourth-order valence-corrected chi connectivity index (χ4v) is 6.08. The van der Waals surface area contributed by atoms with Crippen molar-refractivity contribution in [3.63, 3.8) is 0 Å². The summed E-state index contributed by atoms with van der Waals surface area (Å²) in [5, 5.41) is 15.7. The number of benzene rings is 3. The molecule has 4 rings (SSSR count). The van der Waals surface area contributed by atoms with Gasteiger partial charge in [0.05, 0.1) is 11.5 Å². The molecule has 1 heterocycles. The molecule has 5 nitrogen and oxygen atoms in total. The van der Waals surface area contributed by atoms with Crippen LogP contribution in [0.2, 0.25) is 5.02 Å². The van der Waals surface area contributed by atoms with Crippen LogP contribution in [0.15, 0.2) is 80.5 Å². The molecule has 0 aliphatic carbocycles. The summed E-state index contributed by atoms with van der Waals surface area (Å²) in [4.78, 5) is 12.2. The van der Waals surface area contributed by atoms with Gasteiger partial charge in [-0.2, -0.15) is 5.10 Å². The second kappa shape index (κ2) is 11.0. The maximum Gasteiger partial charge on any atom is 0.250 e. The number of hydrogen-bond acceptors (Lipinski definition) is 7. The van der Waals surface area contributed by atoms with E-state index in [1.165, 1.54) is 39.4 Å². The van der Waals surface area contributed by atoms with Crippen molar-refractivity contribution in [2.75, 3.05) is 5.75 Å². The van der Waals surface area contributed by atoms with Crippen molar-refractivity contribution in [2.24, 2.45) is 5.10 Å². The molecular weight excluding hydrogens is 480 g/mol. The summed E-state index contributed by atoms with van der Waals surface area (Å²) in [6.45, 7) is 1.80. The number of aromatic nitrogens is 2. The van der Waals surface area contributed by atoms with Gasteiger partial charge in [0.1, 0.15) is 0 Å². The van der Waals surface area contributed by atoms with Crippen molar-refractivity contribution >= 4 is 68.9 Å². The van der Waals surface area contributed by atoms with E-state index in [4.69, 9.17) is 11.6 Å². The van der Waals surface area contributed by atoms with Crippen LogP contribution >= 0.6 is 46.5 Å². The van der Waals surface area contributed by atoms with Crippen LogP contribution in [-0.2, 0) is 10.5 Å². The Balaban J connectivity index is 1.28. The number of hydrazone groups is 1. The molecule has 0 spiro atoms. The van der Waals surface area contributed by atoms with Gasteiger partial charge in [0.25, 0.3) is 5.91 Å². The highest BCUT2D eigenvalue weighted by molar-refractivity contribution is 8.03. The summed E-state index contributed by atoms with van der Waals surface area (Å²) in [5.41, 5.74) is 5.28. The van der Waals surface area contributed by atoms with E-state index in [1.54, 1.807) is 24.8 Å². The second-order valence-corrected chi connectivity index (χ2v) is 10.6. The monoisotopic (exact) mass is 498 g/mol. The van der Waals surface area contributed by atoms with E-state index in [0.29, 0.717) is 10.7 Å². The van der Waals surface area contributed by atoms with Crippen LogP contribution in [-0.4, -0.2) is 27.6 Å². The molecule has 0 unspecified atom stereocenters. The molecule has 0 fully saturated rings. The third kappa shape index (κ3) is 5.89. The minimum Gasteiger partial charge on any atom is -0.272 e. The normalized spacial score (nSPS) is 11.6. The number of nitrogens with zero attached hydrogens (tertiary/aromatic N) is 3. The van der Waals surface area contributed by atoms with Crippen LogP contribution in [0, 0.1) is 0 Å². The fraction of sp³-hybridized carbons (Fsp3) is 0.130. The molecule has 3 aromatic carbocycles. The van der Waals surface area contributed by atoms with E-state index < -0.39 is 0 Å². The number of fused-ring (bicyclic) bond motifs is 1. The number of hydrogen-bond donors (Lipinski definition) is 1. The van der Waals surface area contributed by atoms with Crippen LogP contribution in [0.5, 0.6) is 0 Å². The standard InChI is InChI=1S/C23H19ClN4OS3/c1-15(18-10-4-5-12-20(18)24)25-26-21(29)14-31-23-28-27-22(32-23)30-13-17-9-6-8-16-7-2-3-11-19(16)17/h2-12H,13-14H2,1H3,(H,26,29). The average Bonchev–Trinajstić information content (AvgIpc) is 3.28. The molecule has 0 aliphatic heterocycles. The lowest BCUT2D eigenvalue weighted by molar-refractivity contribution is -0.118. The molecule has 9 heteroatoms. The maximum atomic E-state index is 12.2. The first-order valence-electron chi connectivity index (χ1n) is 9.74. The quantitative estimate of drug-likeness (QED) is 0.176. The number of halogens is 1. The van der Waals surface area contributed by atoms with Gasteiger partial charge >= 0.3 is 0 Å². The zero-order valence-electron chi connectivity index (χ0n) is 17.1. The van der Waals surface area contributed by atoms with Gasteiger partial charge in [0, 0.05) is 16.3 Å². The van der Waals surface area contributed by atoms with Gasteiger partial charge in [-0.1, -0.05) is 107 Å². The number of amides is 1. The Labute approximate surface area is 203 Å². The van der Waals surface area contributed by atoms with Crippen LogP contribution in [0.25, 0.3) is 10.8 Å². The third-order valence-corrected chi connectivity index (χ3v) is 8.13. The zero-order valence-corrected chi connectivity index (χ0v) is 20.3. The average molecular weight is 499 g/mol. The summed E-state index contributed by atoms with van der Waals surface area (Å²) in [5.74, 6) is 0.820. The Bertz CT molecular complexity index is 1270. The van der Waals surface area contributed by atoms with Crippen molar-refractivity contribution in [3.8, 4) is 0 Å². The highest BCUT2D eigenvalue weighted by atomic mass is 35.5. The van der Waals surface area contributed by atoms with Gasteiger partial charge in [-0.3, -0.25) is 4.79 Å². The van der Waals surface area contributed by atoms with Crippen molar-refractivity contribution in [1.82, 2.24) is 15.6 Å². The minimum atomic E-state index is -0.207. The number of thioether (sulfide) groups is 2. The topological polar surface area (TPSA) is 67.2 Å². The van der Waals surface area contributed by atoms with Gasteiger partial charge in [-0.15, -0.1) is 10.2 Å². The molecule has 1 amide bonds. The Morgan fingerprint density at radius 3 is 2.56 bits per heavy atom. The Kier molecular flexibility index (Phi) is 7.81. The molecule has 0 bridgehead atoms. The van der Waals surface area contributed by atoms with E-state index in [1.807, 2.05) is 24.3 Å². The van der Waals surface area contributed by atoms with Gasteiger partial charge in [0.2, 0.25) is 0 Å². The van der Waals surface area contributed by atoms with Crippen LogP contribution in [0.3, 0.4) is 0 Å². The number of carbonyl (C=O) groups excluding carboxylic acids is 1. The Morgan fingerprint density at radius 2 is 1.72 bits per heavy atom. The van der Waals surface area contributed by atoms with Gasteiger partial charge in [0.15, 0.2) is 8.68 Å². The summed E-state index contributed by atoms with van der Waals surface area (Å²) in [6.07, 6.45) is 0. The highest BCUT2D eigenvalue weighted by Crippen LogP contribution is 2.32. The molecule has 0 saturated heterocycles. The molecule has 1 aromatic heterocycles. The first-order valence-corrected chi connectivity index (χ1v) is 12.9. The second-order valence-electron chi connectivity index (χ2n) is 6.76. The summed E-state index contributed by atoms with van der Waals surface area (Å²) < 4.78 is 1.64. The summed E-state index contributed by atoms with van der Waals surface area (Å²) in [7, 11) is 0. The molecular formula is C23H19ClN4OS3. The fourth-order valence-electron chi connectivity index (χ4n) is 2.99. The molecule has 0 atom stereocenters. The van der Waals surface area contributed by atoms with E-state index in [2.05, 4.69) is 57.1 Å². The molecule has 32 heavy (non-hydrogen) atoms. The van der Waals surface area contributed by atoms with Gasteiger partial charge in [-0.05, 0) is 29.3 Å². The van der Waals surface area contributed by atoms with Crippen LogP contribution in [0.4, 0.5) is 0 Å². The van der Waals surface area contributed by atoms with Crippen molar-refractivity contribution in [3.05, 3.63) is 82.9 Å². The van der Waals surface area contributed by atoms with Crippen LogP contribution < -0.4 is 5.43 Å². The van der Waals surface area contributed by atoms with Gasteiger partial charge < -0.3 is 0 Å². The number of nitrogens with one attached hydrogen (secondary N) is 1. The molecule has 1 N–H and O–H groups in total. The smallest absolute Gasteiger partial charge is 0.250 e. The third-order valence-electron chi connectivity index (χ3n) is 4.56. The lowest BCUT2D eigenvalue weighted by Crippen LogP contribution is -2.21. The lowest BCUT2D eigenvalue weighted by atomic mass is 10.1. The summed E-state index contributed by atoms with van der Waals surface area (Å²) >= 11 is 10.7. The predicted octanol–water partition coefficient (Wildman–Crippen LogP) is 6.27.